The van der Waals surface area contributed by atoms with Crippen molar-refractivity contribution < 1.29 is 23.9 Å². The lowest BCUT2D eigenvalue weighted by atomic mass is 9.97. The van der Waals surface area contributed by atoms with E-state index in [9.17, 15) is 19.2 Å². The van der Waals surface area contributed by atoms with Crippen LogP contribution in [0.25, 0.3) is 16.8 Å². The maximum Gasteiger partial charge on any atom is 0.291 e. The number of carbonyl (C=O) groups is 4. The highest BCUT2D eigenvalue weighted by atomic mass is 35.5. The Morgan fingerprint density at radius 3 is 2.25 bits per heavy atom. The predicted octanol–water partition coefficient (Wildman–Crippen LogP) is 4.46. The highest BCUT2D eigenvalue weighted by Crippen LogP contribution is 2.28. The van der Waals surface area contributed by atoms with Crippen LogP contribution in [0.2, 0.25) is 5.02 Å². The molecule has 3 aromatic rings. The molecule has 4 amide bonds. The quantitative estimate of drug-likeness (QED) is 0.169. The number of anilines is 1. The molecule has 1 aliphatic rings. The molecule has 1 aromatic heterocycles. The summed E-state index contributed by atoms with van der Waals surface area (Å²) in [4.78, 5) is 63.0. The van der Waals surface area contributed by atoms with Crippen LogP contribution < -0.4 is 11.1 Å². The zero-order chi connectivity index (χ0) is 40.4. The number of benzene rings is 2. The number of amides is 4. The number of carbonyl (C=O) groups excluding carboxylic acids is 4. The number of nitrogens with two attached hydrogens (primary N) is 1. The van der Waals surface area contributed by atoms with Crippen LogP contribution in [0.5, 0.6) is 0 Å². The number of allylic oxidation sites excluding steroid dienone is 2. The summed E-state index contributed by atoms with van der Waals surface area (Å²) >= 11 is 6.59. The number of imidazole rings is 1. The lowest BCUT2D eigenvalue weighted by molar-refractivity contribution is -0.137. The van der Waals surface area contributed by atoms with Crippen molar-refractivity contribution in [1.82, 2.24) is 29.2 Å². The largest absolute Gasteiger partial charge is 0.383 e. The molecule has 1 unspecified atom stereocenters. The first kappa shape index (κ1) is 42.7. The first-order valence-electron chi connectivity index (χ1n) is 18.4. The van der Waals surface area contributed by atoms with Crippen LogP contribution >= 0.6 is 11.6 Å². The van der Waals surface area contributed by atoms with Crippen molar-refractivity contribution in [2.24, 2.45) is 18.7 Å². The van der Waals surface area contributed by atoms with Crippen LogP contribution in [0.3, 0.4) is 0 Å². The normalized spacial score (nSPS) is 14.1. The molecule has 4 rings (SSSR count). The Bertz CT molecular complexity index is 1900. The predicted molar refractivity (Wildman–Crippen MR) is 216 cm³/mol. The number of hydrogen-bond donors (Lipinski definition) is 3. The van der Waals surface area contributed by atoms with Gasteiger partial charge >= 0.3 is 0 Å². The van der Waals surface area contributed by atoms with Crippen LogP contribution in [-0.4, -0.2) is 132 Å². The second kappa shape index (κ2) is 19.5. The van der Waals surface area contributed by atoms with E-state index in [2.05, 4.69) is 15.2 Å². The topological polar surface area (TPSA) is 170 Å². The Hall–Kier alpha value is -5.05. The number of rotatable bonds is 17. The number of halogens is 1. The summed E-state index contributed by atoms with van der Waals surface area (Å²) in [5.41, 5.74) is 10.8. The molecule has 1 fully saturated rings. The molecule has 1 atom stereocenters. The summed E-state index contributed by atoms with van der Waals surface area (Å²) in [6.45, 7) is 9.31. The minimum absolute atomic E-state index is 0.0476. The summed E-state index contributed by atoms with van der Waals surface area (Å²) in [6.07, 6.45) is 2.93. The Balaban J connectivity index is 1.37. The summed E-state index contributed by atoms with van der Waals surface area (Å²) in [5, 5.41) is 11.5. The molecule has 0 radical (unpaired) electrons. The fourth-order valence-electron chi connectivity index (χ4n) is 6.72. The number of nitrogens with one attached hydrogen (secondary N) is 2. The number of aromatic nitrogens is 2. The molecule has 0 spiro atoms. The highest BCUT2D eigenvalue weighted by Gasteiger charge is 2.29. The number of hydrogen-bond acceptors (Lipinski definition) is 9. The smallest absolute Gasteiger partial charge is 0.291 e. The van der Waals surface area contributed by atoms with Gasteiger partial charge in [0.25, 0.3) is 11.8 Å². The standard InChI is InChI=1S/C40H54ClN9O5/c1-8-28(15-16-46(4)25-35(43)51)39(53)49-17-19-50(20-18-49)40(54)32-14-13-31(23-33(32)41)45-38(52)37-44-24-34(48(37)6)29-9-11-30(12-10-29)36(26(2)42)27(3)47(5)21-22-55-7/h9-14,23-24,28,42H,8,15-22,25H2,1-7H3,(H2,43,51)(H,45,52)/b36-27+,42-26?. The molecule has 1 aliphatic heterocycles. The van der Waals surface area contributed by atoms with Crippen molar-refractivity contribution >= 4 is 52.2 Å². The SMILES string of the molecule is CCC(CCN(C)CC(N)=O)C(=O)N1CCN(C(=O)c2ccc(NC(=O)c3ncc(-c4ccc(/C(C(C)=N)=C(\C)N(C)CCOC)cc4)n3C)cc2Cl)CC1. The minimum Gasteiger partial charge on any atom is -0.383 e. The molecule has 296 valence electrons. The third-order valence-electron chi connectivity index (χ3n) is 10.1. The van der Waals surface area contributed by atoms with Gasteiger partial charge in [-0.3, -0.25) is 24.1 Å². The van der Waals surface area contributed by atoms with Gasteiger partial charge in [0.2, 0.25) is 11.8 Å². The molecule has 55 heavy (non-hydrogen) atoms. The van der Waals surface area contributed by atoms with Gasteiger partial charge in [-0.15, -0.1) is 0 Å². The molecule has 4 N–H and O–H groups in total. The van der Waals surface area contributed by atoms with Gasteiger partial charge < -0.3 is 40.5 Å². The van der Waals surface area contributed by atoms with Crippen LogP contribution in [0.1, 0.15) is 60.2 Å². The lowest BCUT2D eigenvalue weighted by Crippen LogP contribution is -2.52. The van der Waals surface area contributed by atoms with Gasteiger partial charge in [0.05, 0.1) is 35.6 Å². The maximum absolute atomic E-state index is 13.5. The highest BCUT2D eigenvalue weighted by molar-refractivity contribution is 6.34. The monoisotopic (exact) mass is 775 g/mol. The molecule has 2 heterocycles. The summed E-state index contributed by atoms with van der Waals surface area (Å²) in [5.74, 6) is -1.03. The Morgan fingerprint density at radius 2 is 1.67 bits per heavy atom. The van der Waals surface area contributed by atoms with E-state index in [-0.39, 0.29) is 35.1 Å². The third kappa shape index (κ3) is 10.8. The molecule has 15 heteroatoms. The van der Waals surface area contributed by atoms with Crippen molar-refractivity contribution in [2.45, 2.75) is 33.6 Å². The molecule has 0 aliphatic carbocycles. The van der Waals surface area contributed by atoms with Crippen molar-refractivity contribution in [2.75, 3.05) is 78.9 Å². The van der Waals surface area contributed by atoms with Gasteiger partial charge in [0, 0.05) is 82.5 Å². The summed E-state index contributed by atoms with van der Waals surface area (Å²) in [7, 11) is 7.21. The average Bonchev–Trinajstić information content (AvgIpc) is 3.54. The summed E-state index contributed by atoms with van der Waals surface area (Å²) < 4.78 is 6.93. The lowest BCUT2D eigenvalue weighted by Gasteiger charge is -2.36. The van der Waals surface area contributed by atoms with Gasteiger partial charge in [-0.05, 0) is 69.6 Å². The molecular weight excluding hydrogens is 722 g/mol. The number of methoxy groups -OCH3 is 1. The van der Waals surface area contributed by atoms with E-state index in [0.29, 0.717) is 75.7 Å². The fraction of sp³-hybridized carbons (Fsp3) is 0.450. The van der Waals surface area contributed by atoms with E-state index in [4.69, 9.17) is 27.5 Å². The third-order valence-corrected chi connectivity index (χ3v) is 10.4. The number of nitrogens with zero attached hydrogens (tertiary/aromatic N) is 6. The van der Waals surface area contributed by atoms with Crippen LogP contribution in [0.4, 0.5) is 5.69 Å². The number of likely N-dealkylation sites (N-methyl/N-ethyl adjacent to an activating group) is 2. The Kier molecular flexibility index (Phi) is 15.1. The fourth-order valence-corrected chi connectivity index (χ4v) is 6.98. The number of piperazine rings is 1. The number of primary amides is 1. The molecule has 2 aromatic carbocycles. The van der Waals surface area contributed by atoms with Crippen LogP contribution in [0, 0.1) is 11.3 Å². The molecule has 0 saturated carbocycles. The van der Waals surface area contributed by atoms with E-state index >= 15 is 0 Å². The van der Waals surface area contributed by atoms with Gasteiger partial charge in [-0.25, -0.2) is 4.98 Å². The van der Waals surface area contributed by atoms with E-state index in [1.807, 2.05) is 50.1 Å². The van der Waals surface area contributed by atoms with Crippen molar-refractivity contribution in [3.63, 3.8) is 0 Å². The van der Waals surface area contributed by atoms with Crippen molar-refractivity contribution in [3.05, 3.63) is 76.3 Å². The maximum atomic E-state index is 13.5. The van der Waals surface area contributed by atoms with Crippen LogP contribution in [-0.2, 0) is 21.4 Å². The molecule has 14 nitrogen and oxygen atoms in total. The van der Waals surface area contributed by atoms with Gasteiger partial charge in [0.1, 0.15) is 0 Å². The minimum atomic E-state index is -0.439. The van der Waals surface area contributed by atoms with E-state index in [1.54, 1.807) is 66.9 Å². The zero-order valence-corrected chi connectivity index (χ0v) is 33.7. The number of ether oxygens (including phenoxy) is 1. The first-order chi connectivity index (χ1) is 26.2. The Morgan fingerprint density at radius 1 is 1.02 bits per heavy atom. The van der Waals surface area contributed by atoms with Crippen molar-refractivity contribution in [3.8, 4) is 11.3 Å². The Labute approximate surface area is 328 Å². The molecular formula is C40H54ClN9O5. The summed E-state index contributed by atoms with van der Waals surface area (Å²) in [6, 6.07) is 12.6. The van der Waals surface area contributed by atoms with E-state index in [1.165, 1.54) is 0 Å². The first-order valence-corrected chi connectivity index (χ1v) is 18.8. The molecule has 0 bridgehead atoms. The zero-order valence-electron chi connectivity index (χ0n) is 32.9. The van der Waals surface area contributed by atoms with Crippen LogP contribution in [0.15, 0.2) is 54.4 Å². The van der Waals surface area contributed by atoms with Gasteiger partial charge in [0.15, 0.2) is 5.82 Å². The second-order valence-electron chi connectivity index (χ2n) is 14.0. The van der Waals surface area contributed by atoms with Gasteiger partial charge in [-0.2, -0.15) is 0 Å². The van der Waals surface area contributed by atoms with Crippen molar-refractivity contribution in [1.29, 1.82) is 5.41 Å². The van der Waals surface area contributed by atoms with E-state index < -0.39 is 11.8 Å². The molecule has 1 saturated heterocycles. The van der Waals surface area contributed by atoms with E-state index in [0.717, 1.165) is 28.1 Å². The second-order valence-corrected chi connectivity index (χ2v) is 14.4. The van der Waals surface area contributed by atoms with Gasteiger partial charge in [-0.1, -0.05) is 42.8 Å². The average molecular weight is 776 g/mol.